The van der Waals surface area contributed by atoms with Gasteiger partial charge in [0.1, 0.15) is 5.75 Å². The van der Waals surface area contributed by atoms with Crippen molar-refractivity contribution in [2.75, 3.05) is 12.4 Å². The van der Waals surface area contributed by atoms with Gasteiger partial charge in [0.15, 0.2) is 0 Å². The Morgan fingerprint density at radius 1 is 1.62 bits per heavy atom. The molecule has 0 saturated heterocycles. The number of ether oxygens (including phenoxy) is 1. The third kappa shape index (κ3) is 2.47. The Morgan fingerprint density at radius 2 is 2.31 bits per heavy atom. The Labute approximate surface area is 77.7 Å². The van der Waals surface area contributed by atoms with Crippen LogP contribution in [-0.4, -0.2) is 13.0 Å². The van der Waals surface area contributed by atoms with Gasteiger partial charge < -0.3 is 10.1 Å². The number of hydrogen-bond acceptors (Lipinski definition) is 2. The summed E-state index contributed by atoms with van der Waals surface area (Å²) < 4.78 is 4.98. The average Bonchev–Trinajstić information content (AvgIpc) is 2.08. The number of hydrogen-bond donors (Lipinski definition) is 1. The van der Waals surface area contributed by atoms with Crippen LogP contribution < -0.4 is 10.1 Å². The molecule has 1 rings (SSSR count). The SMILES string of the molecule is COc1[c]cc(C)c(NC(C)=O)c1. The van der Waals surface area contributed by atoms with E-state index < -0.39 is 0 Å². The largest absolute Gasteiger partial charge is 0.496 e. The first-order chi connectivity index (χ1) is 6.13. The summed E-state index contributed by atoms with van der Waals surface area (Å²) >= 11 is 0. The van der Waals surface area contributed by atoms with Gasteiger partial charge >= 0.3 is 0 Å². The van der Waals surface area contributed by atoms with Crippen molar-refractivity contribution < 1.29 is 9.53 Å². The topological polar surface area (TPSA) is 38.3 Å². The molecule has 1 N–H and O–H groups in total. The fourth-order valence-electron chi connectivity index (χ4n) is 0.986. The molecule has 0 aromatic heterocycles. The molecule has 0 heterocycles. The molecule has 3 nitrogen and oxygen atoms in total. The highest BCUT2D eigenvalue weighted by atomic mass is 16.5. The minimum Gasteiger partial charge on any atom is -0.496 e. The summed E-state index contributed by atoms with van der Waals surface area (Å²) in [5.74, 6) is 0.533. The highest BCUT2D eigenvalue weighted by molar-refractivity contribution is 5.89. The predicted molar refractivity (Wildman–Crippen MR) is 50.9 cm³/mol. The molecule has 0 bridgehead atoms. The Bertz CT molecular complexity index is 321. The van der Waals surface area contributed by atoms with E-state index in [2.05, 4.69) is 11.4 Å². The average molecular weight is 178 g/mol. The Balaban J connectivity index is 2.96. The smallest absolute Gasteiger partial charge is 0.221 e. The van der Waals surface area contributed by atoms with Gasteiger partial charge in [0, 0.05) is 24.7 Å². The zero-order chi connectivity index (χ0) is 9.84. The summed E-state index contributed by atoms with van der Waals surface area (Å²) in [5, 5.41) is 2.71. The van der Waals surface area contributed by atoms with E-state index in [0.29, 0.717) is 5.75 Å². The summed E-state index contributed by atoms with van der Waals surface area (Å²) in [6, 6.07) is 6.46. The molecule has 1 amide bonds. The summed E-state index contributed by atoms with van der Waals surface area (Å²) in [6.45, 7) is 3.38. The van der Waals surface area contributed by atoms with Gasteiger partial charge in [0.25, 0.3) is 0 Å². The number of methoxy groups -OCH3 is 1. The molecule has 0 unspecified atom stereocenters. The van der Waals surface area contributed by atoms with Gasteiger partial charge in [-0.15, -0.1) is 0 Å². The number of carbonyl (C=O) groups excluding carboxylic acids is 1. The third-order valence-corrected chi connectivity index (χ3v) is 1.66. The van der Waals surface area contributed by atoms with Crippen molar-refractivity contribution in [3.8, 4) is 5.75 Å². The quantitative estimate of drug-likeness (QED) is 0.749. The monoisotopic (exact) mass is 178 g/mol. The van der Waals surface area contributed by atoms with Crippen molar-refractivity contribution in [2.24, 2.45) is 0 Å². The summed E-state index contributed by atoms with van der Waals surface area (Å²) in [6.07, 6.45) is 0. The fourth-order valence-corrected chi connectivity index (χ4v) is 0.986. The van der Waals surface area contributed by atoms with Crippen LogP contribution in [0.1, 0.15) is 12.5 Å². The van der Waals surface area contributed by atoms with Crippen LogP contribution in [0, 0.1) is 13.0 Å². The van der Waals surface area contributed by atoms with Crippen LogP contribution in [0.3, 0.4) is 0 Å². The summed E-state index contributed by atoms with van der Waals surface area (Å²) in [7, 11) is 1.57. The van der Waals surface area contributed by atoms with Gasteiger partial charge in [-0.05, 0) is 18.6 Å². The van der Waals surface area contributed by atoms with E-state index in [1.54, 1.807) is 19.2 Å². The lowest BCUT2D eigenvalue weighted by Crippen LogP contribution is -2.07. The van der Waals surface area contributed by atoms with Gasteiger partial charge in [0.2, 0.25) is 5.91 Å². The van der Waals surface area contributed by atoms with E-state index in [9.17, 15) is 4.79 Å². The van der Waals surface area contributed by atoms with Crippen LogP contribution in [-0.2, 0) is 4.79 Å². The van der Waals surface area contributed by atoms with Crippen molar-refractivity contribution >= 4 is 11.6 Å². The van der Waals surface area contributed by atoms with Crippen LogP contribution in [0.4, 0.5) is 5.69 Å². The number of amides is 1. The van der Waals surface area contributed by atoms with Gasteiger partial charge in [-0.1, -0.05) is 0 Å². The van der Waals surface area contributed by atoms with Crippen LogP contribution in [0.5, 0.6) is 5.75 Å². The van der Waals surface area contributed by atoms with Gasteiger partial charge in [-0.2, -0.15) is 0 Å². The molecular formula is C10H12NO2. The molecule has 0 fully saturated rings. The molecule has 0 aliphatic carbocycles. The Kier molecular flexibility index (Phi) is 2.90. The second-order valence-corrected chi connectivity index (χ2v) is 2.78. The number of nitrogens with one attached hydrogen (secondary N) is 1. The lowest BCUT2D eigenvalue weighted by atomic mass is 10.2. The lowest BCUT2D eigenvalue weighted by Gasteiger charge is -2.07. The van der Waals surface area contributed by atoms with E-state index >= 15 is 0 Å². The van der Waals surface area contributed by atoms with Crippen molar-refractivity contribution in [1.29, 1.82) is 0 Å². The van der Waals surface area contributed by atoms with Crippen LogP contribution in [0.25, 0.3) is 0 Å². The van der Waals surface area contributed by atoms with Gasteiger partial charge in [-0.25, -0.2) is 0 Å². The maximum atomic E-state index is 10.8. The molecule has 0 aliphatic rings. The van der Waals surface area contributed by atoms with E-state index in [4.69, 9.17) is 4.74 Å². The van der Waals surface area contributed by atoms with Crippen molar-refractivity contribution in [3.63, 3.8) is 0 Å². The van der Waals surface area contributed by atoms with Gasteiger partial charge in [-0.3, -0.25) is 4.79 Å². The molecule has 1 aromatic carbocycles. The predicted octanol–water partition coefficient (Wildman–Crippen LogP) is 1.76. The van der Waals surface area contributed by atoms with Crippen molar-refractivity contribution in [2.45, 2.75) is 13.8 Å². The first kappa shape index (κ1) is 9.58. The number of benzene rings is 1. The first-order valence-electron chi connectivity index (χ1n) is 3.97. The first-order valence-corrected chi connectivity index (χ1v) is 3.97. The second kappa shape index (κ2) is 3.94. The molecule has 1 aromatic rings. The molecule has 69 valence electrons. The van der Waals surface area contributed by atoms with E-state index in [0.717, 1.165) is 11.3 Å². The summed E-state index contributed by atoms with van der Waals surface area (Å²) in [4.78, 5) is 10.8. The number of rotatable bonds is 2. The molecule has 1 radical (unpaired) electrons. The Morgan fingerprint density at radius 3 is 2.85 bits per heavy atom. The standard InChI is InChI=1S/C10H12NO2/c1-7-4-5-9(13-3)6-10(7)11-8(2)12/h4,6H,1-3H3,(H,11,12). The summed E-state index contributed by atoms with van der Waals surface area (Å²) in [5.41, 5.74) is 1.74. The zero-order valence-corrected chi connectivity index (χ0v) is 7.97. The highest BCUT2D eigenvalue weighted by Gasteiger charge is 2.01. The van der Waals surface area contributed by atoms with E-state index in [1.807, 2.05) is 6.92 Å². The third-order valence-electron chi connectivity index (χ3n) is 1.66. The Hall–Kier alpha value is -1.51. The highest BCUT2D eigenvalue weighted by Crippen LogP contribution is 2.20. The molecule has 0 spiro atoms. The number of aryl methyl sites for hydroxylation is 1. The minimum atomic E-state index is -0.0867. The normalized spacial score (nSPS) is 9.46. The van der Waals surface area contributed by atoms with Crippen LogP contribution in [0.15, 0.2) is 12.1 Å². The molecule has 0 aliphatic heterocycles. The molecule has 0 saturated carbocycles. The number of anilines is 1. The van der Waals surface area contributed by atoms with E-state index in [-0.39, 0.29) is 5.91 Å². The maximum absolute atomic E-state index is 10.8. The zero-order valence-electron chi connectivity index (χ0n) is 7.97. The number of carbonyl (C=O) groups is 1. The molecule has 3 heteroatoms. The van der Waals surface area contributed by atoms with Crippen molar-refractivity contribution in [1.82, 2.24) is 0 Å². The maximum Gasteiger partial charge on any atom is 0.221 e. The van der Waals surface area contributed by atoms with Gasteiger partial charge in [0.05, 0.1) is 7.11 Å². The fraction of sp³-hybridized carbons (Fsp3) is 0.300. The molecule has 13 heavy (non-hydrogen) atoms. The lowest BCUT2D eigenvalue weighted by molar-refractivity contribution is -0.114. The second-order valence-electron chi connectivity index (χ2n) is 2.78. The van der Waals surface area contributed by atoms with E-state index in [1.165, 1.54) is 6.92 Å². The van der Waals surface area contributed by atoms with Crippen LogP contribution in [0.2, 0.25) is 0 Å². The van der Waals surface area contributed by atoms with Crippen LogP contribution >= 0.6 is 0 Å². The van der Waals surface area contributed by atoms with Crippen molar-refractivity contribution in [3.05, 3.63) is 23.8 Å². The minimum absolute atomic E-state index is 0.0867. The molecular weight excluding hydrogens is 166 g/mol. The molecule has 0 atom stereocenters.